The average Bonchev–Trinajstić information content (AvgIpc) is 2.51. The van der Waals surface area contributed by atoms with Crippen molar-refractivity contribution < 1.29 is 9.84 Å². The summed E-state index contributed by atoms with van der Waals surface area (Å²) in [7, 11) is -3.52. The van der Waals surface area contributed by atoms with Crippen molar-refractivity contribution in [3.05, 3.63) is 59.7 Å². The lowest BCUT2D eigenvalue weighted by Gasteiger charge is -2.10. The summed E-state index contributed by atoms with van der Waals surface area (Å²) in [6.45, 7) is 10.1. The Bertz CT molecular complexity index is 678. The molecule has 0 fully saturated rings. The van der Waals surface area contributed by atoms with Crippen LogP contribution in [0.3, 0.4) is 0 Å². The molecule has 122 valence electrons. The van der Waals surface area contributed by atoms with Crippen LogP contribution in [0.4, 0.5) is 5.69 Å². The molecular weight excluding hydrogens is 294 g/mol. The molecule has 2 aromatic rings. The van der Waals surface area contributed by atoms with Gasteiger partial charge in [0.15, 0.2) is 0 Å². The number of anilines is 1. The van der Waals surface area contributed by atoms with Crippen molar-refractivity contribution in [2.75, 3.05) is 4.72 Å². The van der Waals surface area contributed by atoms with Crippen LogP contribution in [0.5, 0.6) is 0 Å². The van der Waals surface area contributed by atoms with Gasteiger partial charge in [0.05, 0.1) is 4.90 Å². The van der Waals surface area contributed by atoms with Crippen LogP contribution in [0.15, 0.2) is 53.4 Å². The van der Waals surface area contributed by atoms with Gasteiger partial charge >= 0.3 is 0 Å². The minimum atomic E-state index is -3.52. The van der Waals surface area contributed by atoms with Gasteiger partial charge in [-0.1, -0.05) is 57.5 Å². The van der Waals surface area contributed by atoms with Crippen molar-refractivity contribution in [3.8, 4) is 0 Å². The SMILES string of the molecule is CC.Cc1ccc(NS(=O)(=O)c2ccc(C(C)C)cc2)cc1.[HH]. The third kappa shape index (κ3) is 4.88. The number of benzene rings is 2. The summed E-state index contributed by atoms with van der Waals surface area (Å²) < 4.78 is 27.1. The van der Waals surface area contributed by atoms with Crippen LogP contribution in [-0.4, -0.2) is 8.42 Å². The number of aryl methyl sites for hydroxylation is 1. The van der Waals surface area contributed by atoms with E-state index < -0.39 is 10.0 Å². The standard InChI is InChI=1S/C16H19NO2S.C2H6.H2/c1-12(2)14-6-10-16(11-7-14)20(18,19)17-15-8-4-13(3)5-9-15;1-2;/h4-12,17H,1-3H3;1-2H3;1H. The van der Waals surface area contributed by atoms with Crippen LogP contribution in [0.2, 0.25) is 0 Å². The monoisotopic (exact) mass is 321 g/mol. The van der Waals surface area contributed by atoms with Gasteiger partial charge in [-0.3, -0.25) is 4.72 Å². The lowest BCUT2D eigenvalue weighted by atomic mass is 10.0. The van der Waals surface area contributed by atoms with E-state index in [0.717, 1.165) is 11.1 Å². The highest BCUT2D eigenvalue weighted by molar-refractivity contribution is 7.92. The van der Waals surface area contributed by atoms with E-state index in [9.17, 15) is 8.42 Å². The number of sulfonamides is 1. The molecule has 1 N–H and O–H groups in total. The topological polar surface area (TPSA) is 46.2 Å². The molecule has 0 heterocycles. The van der Waals surface area contributed by atoms with Gasteiger partial charge in [-0.15, -0.1) is 0 Å². The quantitative estimate of drug-likeness (QED) is 0.842. The second kappa shape index (κ2) is 7.99. The third-order valence-corrected chi connectivity index (χ3v) is 4.56. The van der Waals surface area contributed by atoms with Gasteiger partial charge in [0, 0.05) is 7.11 Å². The fourth-order valence-electron chi connectivity index (χ4n) is 1.87. The van der Waals surface area contributed by atoms with Gasteiger partial charge in [-0.05, 0) is 42.7 Å². The van der Waals surface area contributed by atoms with Crippen molar-refractivity contribution in [2.24, 2.45) is 0 Å². The molecule has 0 aliphatic carbocycles. The highest BCUT2D eigenvalue weighted by Crippen LogP contribution is 2.20. The van der Waals surface area contributed by atoms with Crippen molar-refractivity contribution in [1.82, 2.24) is 0 Å². The van der Waals surface area contributed by atoms with E-state index in [1.165, 1.54) is 0 Å². The summed E-state index contributed by atoms with van der Waals surface area (Å²) in [6.07, 6.45) is 0. The zero-order valence-electron chi connectivity index (χ0n) is 13.9. The molecular formula is C18H27NO2S. The predicted octanol–water partition coefficient (Wildman–Crippen LogP) is 5.19. The molecule has 0 bridgehead atoms. The van der Waals surface area contributed by atoms with Crippen molar-refractivity contribution in [2.45, 2.75) is 45.4 Å². The van der Waals surface area contributed by atoms with Crippen LogP contribution in [0.1, 0.15) is 46.2 Å². The molecule has 0 unspecified atom stereocenters. The maximum absolute atomic E-state index is 12.3. The summed E-state index contributed by atoms with van der Waals surface area (Å²) in [5, 5.41) is 0. The molecule has 0 aromatic heterocycles. The minimum absolute atomic E-state index is 0. The van der Waals surface area contributed by atoms with Gasteiger partial charge in [0.25, 0.3) is 10.0 Å². The second-order valence-electron chi connectivity index (χ2n) is 5.20. The Labute approximate surface area is 135 Å². The molecule has 0 aliphatic heterocycles. The Kier molecular flexibility index (Phi) is 6.62. The Hall–Kier alpha value is -1.81. The van der Waals surface area contributed by atoms with E-state index >= 15 is 0 Å². The Morgan fingerprint density at radius 2 is 1.41 bits per heavy atom. The second-order valence-corrected chi connectivity index (χ2v) is 6.88. The number of nitrogens with one attached hydrogen (secondary N) is 1. The zero-order valence-corrected chi connectivity index (χ0v) is 14.7. The fraction of sp³-hybridized carbons (Fsp3) is 0.333. The molecule has 2 rings (SSSR count). The van der Waals surface area contributed by atoms with Crippen molar-refractivity contribution in [3.63, 3.8) is 0 Å². The Morgan fingerprint density at radius 3 is 1.86 bits per heavy atom. The van der Waals surface area contributed by atoms with Crippen LogP contribution >= 0.6 is 0 Å². The van der Waals surface area contributed by atoms with E-state index in [4.69, 9.17) is 0 Å². The number of hydrogen-bond acceptors (Lipinski definition) is 2. The lowest BCUT2D eigenvalue weighted by Crippen LogP contribution is -2.12. The van der Waals surface area contributed by atoms with Crippen molar-refractivity contribution >= 4 is 15.7 Å². The van der Waals surface area contributed by atoms with Crippen LogP contribution in [-0.2, 0) is 10.0 Å². The molecule has 3 nitrogen and oxygen atoms in total. The van der Waals surface area contributed by atoms with Crippen LogP contribution in [0, 0.1) is 6.92 Å². The van der Waals surface area contributed by atoms with Gasteiger partial charge in [0.1, 0.15) is 0 Å². The van der Waals surface area contributed by atoms with E-state index in [2.05, 4.69) is 18.6 Å². The van der Waals surface area contributed by atoms with Crippen molar-refractivity contribution in [1.29, 1.82) is 0 Å². The van der Waals surface area contributed by atoms with Gasteiger partial charge in [0.2, 0.25) is 0 Å². The zero-order chi connectivity index (χ0) is 16.8. The summed E-state index contributed by atoms with van der Waals surface area (Å²) in [6, 6.07) is 14.3. The first-order valence-corrected chi connectivity index (χ1v) is 9.06. The van der Waals surface area contributed by atoms with E-state index in [1.54, 1.807) is 24.3 Å². The molecule has 0 atom stereocenters. The highest BCUT2D eigenvalue weighted by Gasteiger charge is 2.14. The van der Waals surface area contributed by atoms with Gasteiger partial charge in [-0.2, -0.15) is 0 Å². The first-order chi connectivity index (χ1) is 10.4. The Morgan fingerprint density at radius 1 is 0.909 bits per heavy atom. The van der Waals surface area contributed by atoms with E-state index in [0.29, 0.717) is 11.6 Å². The summed E-state index contributed by atoms with van der Waals surface area (Å²) in [5.41, 5.74) is 2.79. The smallest absolute Gasteiger partial charge is 0.261 e. The molecule has 4 heteroatoms. The first kappa shape index (κ1) is 18.2. The van der Waals surface area contributed by atoms with Crippen LogP contribution in [0.25, 0.3) is 0 Å². The van der Waals surface area contributed by atoms with Crippen LogP contribution < -0.4 is 4.72 Å². The molecule has 0 amide bonds. The number of rotatable bonds is 4. The normalized spacial score (nSPS) is 10.8. The largest absolute Gasteiger partial charge is 0.280 e. The van der Waals surface area contributed by atoms with E-state index in [-0.39, 0.29) is 6.32 Å². The molecule has 0 saturated carbocycles. The molecule has 0 aliphatic rings. The minimum Gasteiger partial charge on any atom is -0.280 e. The van der Waals surface area contributed by atoms with Gasteiger partial charge in [-0.25, -0.2) is 8.42 Å². The Balaban J connectivity index is 0.00000155. The highest BCUT2D eigenvalue weighted by atomic mass is 32.2. The maximum Gasteiger partial charge on any atom is 0.261 e. The molecule has 0 radical (unpaired) electrons. The molecule has 0 saturated heterocycles. The van der Waals surface area contributed by atoms with E-state index in [1.807, 2.05) is 45.0 Å². The maximum atomic E-state index is 12.3. The number of hydrogen-bond donors (Lipinski definition) is 1. The first-order valence-electron chi connectivity index (χ1n) is 7.58. The fourth-order valence-corrected chi connectivity index (χ4v) is 2.93. The summed E-state index contributed by atoms with van der Waals surface area (Å²) in [4.78, 5) is 0.280. The summed E-state index contributed by atoms with van der Waals surface area (Å²) >= 11 is 0. The summed E-state index contributed by atoms with van der Waals surface area (Å²) in [5.74, 6) is 0.386. The molecule has 2 aromatic carbocycles. The third-order valence-electron chi connectivity index (χ3n) is 3.16. The lowest BCUT2D eigenvalue weighted by molar-refractivity contribution is 0.601. The average molecular weight is 321 g/mol. The molecule has 0 spiro atoms. The molecule has 22 heavy (non-hydrogen) atoms. The predicted molar refractivity (Wildman–Crippen MR) is 96.0 cm³/mol. The van der Waals surface area contributed by atoms with Gasteiger partial charge < -0.3 is 0 Å².